The number of rotatable bonds is 1. The second kappa shape index (κ2) is 3.47. The zero-order valence-electron chi connectivity index (χ0n) is 7.63. The van der Waals surface area contributed by atoms with Gasteiger partial charge in [0.25, 0.3) is 0 Å². The Labute approximate surface area is 74.8 Å². The van der Waals surface area contributed by atoms with Crippen molar-refractivity contribution in [2.45, 2.75) is 44.9 Å². The molecule has 1 heteroatoms. The molecule has 0 spiro atoms. The molecule has 12 heavy (non-hydrogen) atoms. The first kappa shape index (κ1) is 8.10. The van der Waals surface area contributed by atoms with Crippen molar-refractivity contribution in [1.82, 2.24) is 0 Å². The van der Waals surface area contributed by atoms with Crippen molar-refractivity contribution in [3.8, 4) is 6.07 Å². The van der Waals surface area contributed by atoms with Crippen LogP contribution in [-0.4, -0.2) is 0 Å². The van der Waals surface area contributed by atoms with E-state index in [0.717, 1.165) is 24.2 Å². The minimum absolute atomic E-state index is 0.756. The van der Waals surface area contributed by atoms with Crippen LogP contribution in [0.25, 0.3) is 0 Å². The third-order valence-electron chi connectivity index (χ3n) is 3.79. The van der Waals surface area contributed by atoms with Crippen LogP contribution < -0.4 is 0 Å². The van der Waals surface area contributed by atoms with Crippen molar-refractivity contribution in [3.05, 3.63) is 0 Å². The van der Waals surface area contributed by atoms with E-state index < -0.39 is 0 Å². The van der Waals surface area contributed by atoms with Gasteiger partial charge in [-0.25, -0.2) is 0 Å². The highest BCUT2D eigenvalue weighted by Gasteiger charge is 2.32. The lowest BCUT2D eigenvalue weighted by Crippen LogP contribution is -2.28. The van der Waals surface area contributed by atoms with Gasteiger partial charge in [0.1, 0.15) is 0 Å². The molecule has 0 radical (unpaired) electrons. The highest BCUT2D eigenvalue weighted by molar-refractivity contribution is 4.88. The van der Waals surface area contributed by atoms with Gasteiger partial charge >= 0.3 is 0 Å². The molecule has 2 bridgehead atoms. The number of hydrogen-bond donors (Lipinski definition) is 0. The summed E-state index contributed by atoms with van der Waals surface area (Å²) in [5.74, 6) is 2.70. The second-order valence-corrected chi connectivity index (χ2v) is 4.49. The summed E-state index contributed by atoms with van der Waals surface area (Å²) >= 11 is 0. The van der Waals surface area contributed by atoms with Crippen molar-refractivity contribution in [2.24, 2.45) is 17.8 Å². The van der Waals surface area contributed by atoms with Crippen LogP contribution in [0.4, 0.5) is 0 Å². The molecule has 0 N–H and O–H groups in total. The molecule has 66 valence electrons. The van der Waals surface area contributed by atoms with Crippen molar-refractivity contribution >= 4 is 0 Å². The normalized spacial score (nSPS) is 40.4. The third kappa shape index (κ3) is 1.48. The van der Waals surface area contributed by atoms with Gasteiger partial charge in [-0.05, 0) is 30.6 Å². The summed E-state index contributed by atoms with van der Waals surface area (Å²) in [6, 6.07) is 2.34. The Morgan fingerprint density at radius 2 is 2.08 bits per heavy atom. The van der Waals surface area contributed by atoms with E-state index in [9.17, 15) is 0 Å². The Balaban J connectivity index is 1.96. The fraction of sp³-hybridized carbons (Fsp3) is 0.909. The Kier molecular flexibility index (Phi) is 2.35. The van der Waals surface area contributed by atoms with E-state index in [1.165, 1.54) is 38.5 Å². The predicted molar refractivity (Wildman–Crippen MR) is 48.4 cm³/mol. The fourth-order valence-electron chi connectivity index (χ4n) is 3.09. The van der Waals surface area contributed by atoms with Gasteiger partial charge in [0.15, 0.2) is 0 Å². The Bertz CT molecular complexity index is 192. The molecule has 1 nitrogen and oxygen atoms in total. The average molecular weight is 163 g/mol. The maximum absolute atomic E-state index is 8.67. The topological polar surface area (TPSA) is 23.8 Å². The molecule has 0 aliphatic heterocycles. The molecule has 0 aromatic heterocycles. The van der Waals surface area contributed by atoms with Gasteiger partial charge < -0.3 is 0 Å². The Hall–Kier alpha value is -0.510. The van der Waals surface area contributed by atoms with Crippen LogP contribution in [0.15, 0.2) is 0 Å². The van der Waals surface area contributed by atoms with Crippen LogP contribution in [-0.2, 0) is 0 Å². The van der Waals surface area contributed by atoms with Crippen molar-refractivity contribution in [2.75, 3.05) is 0 Å². The molecular weight excluding hydrogens is 146 g/mol. The van der Waals surface area contributed by atoms with Crippen LogP contribution in [0.1, 0.15) is 44.9 Å². The molecule has 0 amide bonds. The maximum atomic E-state index is 8.67. The predicted octanol–water partition coefficient (Wildman–Crippen LogP) is 3.12. The summed E-state index contributed by atoms with van der Waals surface area (Å²) < 4.78 is 0. The second-order valence-electron chi connectivity index (χ2n) is 4.49. The van der Waals surface area contributed by atoms with Crippen molar-refractivity contribution in [3.63, 3.8) is 0 Å². The van der Waals surface area contributed by atoms with Gasteiger partial charge in [0.05, 0.1) is 6.07 Å². The van der Waals surface area contributed by atoms with E-state index >= 15 is 0 Å². The Morgan fingerprint density at radius 1 is 1.17 bits per heavy atom. The number of fused-ring (bicyclic) bond motifs is 2. The van der Waals surface area contributed by atoms with Crippen LogP contribution in [0.3, 0.4) is 0 Å². The zero-order valence-corrected chi connectivity index (χ0v) is 7.63. The molecule has 3 unspecified atom stereocenters. The minimum atomic E-state index is 0.756. The lowest BCUT2D eigenvalue weighted by molar-refractivity contribution is 0.124. The SMILES string of the molecule is N#CCC1CCC2CCCC1C2. The molecule has 0 saturated heterocycles. The molecule has 2 fully saturated rings. The first-order valence-electron chi connectivity index (χ1n) is 5.27. The molecule has 2 saturated carbocycles. The van der Waals surface area contributed by atoms with Crippen LogP contribution in [0.2, 0.25) is 0 Å². The fourth-order valence-corrected chi connectivity index (χ4v) is 3.09. The molecule has 2 rings (SSSR count). The molecule has 3 atom stereocenters. The standard InChI is InChI=1S/C11H17N/c12-7-6-10-5-4-9-2-1-3-11(10)8-9/h9-11H,1-6,8H2. The number of nitrogens with zero attached hydrogens (tertiary/aromatic N) is 1. The zero-order chi connectivity index (χ0) is 8.39. The summed E-state index contributed by atoms with van der Waals surface area (Å²) in [4.78, 5) is 0. The maximum Gasteiger partial charge on any atom is 0.0624 e. The Morgan fingerprint density at radius 3 is 2.92 bits per heavy atom. The third-order valence-corrected chi connectivity index (χ3v) is 3.79. The lowest BCUT2D eigenvalue weighted by atomic mass is 9.66. The van der Waals surface area contributed by atoms with E-state index in [1.807, 2.05) is 0 Å². The molecule has 2 aliphatic rings. The number of nitriles is 1. The molecule has 0 aromatic rings. The van der Waals surface area contributed by atoms with Crippen molar-refractivity contribution in [1.29, 1.82) is 5.26 Å². The highest BCUT2D eigenvalue weighted by Crippen LogP contribution is 2.44. The van der Waals surface area contributed by atoms with Gasteiger partial charge in [0.2, 0.25) is 0 Å². The minimum Gasteiger partial charge on any atom is -0.198 e. The van der Waals surface area contributed by atoms with Crippen LogP contribution >= 0.6 is 0 Å². The van der Waals surface area contributed by atoms with Crippen LogP contribution in [0, 0.1) is 29.1 Å². The van der Waals surface area contributed by atoms with Crippen molar-refractivity contribution < 1.29 is 0 Å². The largest absolute Gasteiger partial charge is 0.198 e. The first-order valence-corrected chi connectivity index (χ1v) is 5.27. The summed E-state index contributed by atoms with van der Waals surface area (Å²) in [7, 11) is 0. The monoisotopic (exact) mass is 163 g/mol. The van der Waals surface area contributed by atoms with E-state index in [0.29, 0.717) is 0 Å². The van der Waals surface area contributed by atoms with E-state index in [-0.39, 0.29) is 0 Å². The van der Waals surface area contributed by atoms with Gasteiger partial charge in [-0.2, -0.15) is 5.26 Å². The smallest absolute Gasteiger partial charge is 0.0624 e. The first-order chi connectivity index (χ1) is 5.90. The summed E-state index contributed by atoms with van der Waals surface area (Å²) in [6.45, 7) is 0. The quantitative estimate of drug-likeness (QED) is 0.582. The van der Waals surface area contributed by atoms with Crippen LogP contribution in [0.5, 0.6) is 0 Å². The summed E-state index contributed by atoms with van der Waals surface area (Å²) in [5.41, 5.74) is 0. The molecule has 2 aliphatic carbocycles. The lowest BCUT2D eigenvalue weighted by Gasteiger charge is -2.39. The van der Waals surface area contributed by atoms with Gasteiger partial charge in [-0.1, -0.05) is 25.7 Å². The van der Waals surface area contributed by atoms with E-state index in [4.69, 9.17) is 5.26 Å². The highest BCUT2D eigenvalue weighted by atomic mass is 14.4. The van der Waals surface area contributed by atoms with E-state index in [1.54, 1.807) is 0 Å². The van der Waals surface area contributed by atoms with Gasteiger partial charge in [-0.3, -0.25) is 0 Å². The average Bonchev–Trinajstić information content (AvgIpc) is 2.11. The van der Waals surface area contributed by atoms with Gasteiger partial charge in [0, 0.05) is 6.42 Å². The summed E-state index contributed by atoms with van der Waals surface area (Å²) in [6.07, 6.45) is 9.30. The molecule has 0 aromatic carbocycles. The molecular formula is C11H17N. The van der Waals surface area contributed by atoms with Gasteiger partial charge in [-0.15, -0.1) is 0 Å². The van der Waals surface area contributed by atoms with E-state index in [2.05, 4.69) is 6.07 Å². The molecule has 0 heterocycles. The number of hydrogen-bond acceptors (Lipinski definition) is 1. The summed E-state index contributed by atoms with van der Waals surface area (Å²) in [5, 5.41) is 8.67.